The van der Waals surface area contributed by atoms with Crippen molar-refractivity contribution in [2.24, 2.45) is 5.41 Å². The van der Waals surface area contributed by atoms with Crippen LogP contribution in [0.2, 0.25) is 0 Å². The number of pyridine rings is 1. The van der Waals surface area contributed by atoms with E-state index < -0.39 is 0 Å². The van der Waals surface area contributed by atoms with Crippen LogP contribution in [0, 0.1) is 5.41 Å². The summed E-state index contributed by atoms with van der Waals surface area (Å²) >= 11 is 0. The van der Waals surface area contributed by atoms with Crippen LogP contribution in [0.4, 0.5) is 0 Å². The summed E-state index contributed by atoms with van der Waals surface area (Å²) in [5.74, 6) is 0.705. The lowest BCUT2D eigenvalue weighted by Crippen LogP contribution is -2.15. The average molecular weight is 175 g/mol. The predicted molar refractivity (Wildman–Crippen MR) is 54.8 cm³/mol. The van der Waals surface area contributed by atoms with Crippen LogP contribution in [0.25, 0.3) is 0 Å². The maximum atomic E-state index is 4.42. The molecule has 70 valence electrons. The third kappa shape index (κ3) is 1.48. The van der Waals surface area contributed by atoms with Crippen LogP contribution in [0.5, 0.6) is 0 Å². The Hall–Kier alpha value is -0.850. The first-order chi connectivity index (χ1) is 6.09. The molecule has 0 saturated heterocycles. The summed E-state index contributed by atoms with van der Waals surface area (Å²) in [6, 6.07) is 4.30. The lowest BCUT2D eigenvalue weighted by molar-refractivity contribution is 0.319. The summed E-state index contributed by atoms with van der Waals surface area (Å²) in [7, 11) is 0. The first-order valence-corrected chi connectivity index (χ1v) is 5.03. The topological polar surface area (TPSA) is 12.9 Å². The van der Waals surface area contributed by atoms with E-state index >= 15 is 0 Å². The Morgan fingerprint density at radius 1 is 1.38 bits per heavy atom. The van der Waals surface area contributed by atoms with Crippen LogP contribution in [0.1, 0.15) is 44.4 Å². The first kappa shape index (κ1) is 8.74. The second-order valence-corrected chi connectivity index (χ2v) is 5.00. The van der Waals surface area contributed by atoms with E-state index in [1.165, 1.54) is 17.7 Å². The third-order valence-corrected chi connectivity index (χ3v) is 3.02. The number of hydrogen-bond acceptors (Lipinski definition) is 1. The molecule has 1 atom stereocenters. The fourth-order valence-electron chi connectivity index (χ4n) is 2.31. The number of aryl methyl sites for hydroxylation is 1. The van der Waals surface area contributed by atoms with Gasteiger partial charge < -0.3 is 0 Å². The second-order valence-electron chi connectivity index (χ2n) is 5.00. The van der Waals surface area contributed by atoms with Gasteiger partial charge >= 0.3 is 0 Å². The molecule has 0 N–H and O–H groups in total. The van der Waals surface area contributed by atoms with Gasteiger partial charge in [-0.2, -0.15) is 0 Å². The van der Waals surface area contributed by atoms with Gasteiger partial charge in [0, 0.05) is 11.9 Å². The van der Waals surface area contributed by atoms with Crippen molar-refractivity contribution in [2.45, 2.75) is 39.5 Å². The third-order valence-electron chi connectivity index (χ3n) is 3.02. The fourth-order valence-corrected chi connectivity index (χ4v) is 2.31. The summed E-state index contributed by atoms with van der Waals surface area (Å²) in [5.41, 5.74) is 3.19. The normalized spacial score (nSPS) is 21.6. The summed E-state index contributed by atoms with van der Waals surface area (Å²) in [5, 5.41) is 0. The molecule has 0 fully saturated rings. The molecule has 1 aliphatic rings. The van der Waals surface area contributed by atoms with Gasteiger partial charge in [0.25, 0.3) is 0 Å². The summed E-state index contributed by atoms with van der Waals surface area (Å²) in [6.45, 7) is 6.96. The van der Waals surface area contributed by atoms with Crippen molar-refractivity contribution in [3.8, 4) is 0 Å². The maximum absolute atomic E-state index is 4.42. The Morgan fingerprint density at radius 3 is 2.85 bits per heavy atom. The van der Waals surface area contributed by atoms with Gasteiger partial charge in [0.2, 0.25) is 0 Å². The van der Waals surface area contributed by atoms with E-state index in [2.05, 4.69) is 37.9 Å². The largest absolute Gasteiger partial charge is 0.261 e. The lowest BCUT2D eigenvalue weighted by atomic mass is 9.78. The van der Waals surface area contributed by atoms with Gasteiger partial charge in [-0.05, 0) is 35.8 Å². The van der Waals surface area contributed by atoms with Gasteiger partial charge in [-0.15, -0.1) is 0 Å². The number of rotatable bonds is 0. The molecule has 0 radical (unpaired) electrons. The molecule has 0 spiro atoms. The van der Waals surface area contributed by atoms with Crippen LogP contribution in [-0.2, 0) is 6.42 Å². The molecule has 1 heterocycles. The van der Waals surface area contributed by atoms with Crippen molar-refractivity contribution in [2.75, 3.05) is 0 Å². The Bertz CT molecular complexity index is 309. The molecule has 0 aliphatic heterocycles. The Balaban J connectivity index is 2.39. The highest BCUT2D eigenvalue weighted by molar-refractivity contribution is 5.30. The monoisotopic (exact) mass is 175 g/mol. The van der Waals surface area contributed by atoms with Gasteiger partial charge in [0.05, 0.1) is 0 Å². The van der Waals surface area contributed by atoms with Crippen LogP contribution >= 0.6 is 0 Å². The first-order valence-electron chi connectivity index (χ1n) is 5.03. The maximum Gasteiger partial charge on any atom is 0.0438 e. The molecule has 1 aromatic rings. The quantitative estimate of drug-likeness (QED) is 0.590. The van der Waals surface area contributed by atoms with E-state index in [9.17, 15) is 0 Å². The van der Waals surface area contributed by atoms with E-state index in [-0.39, 0.29) is 0 Å². The second kappa shape index (κ2) is 2.83. The van der Waals surface area contributed by atoms with Gasteiger partial charge in [-0.1, -0.05) is 26.8 Å². The zero-order valence-electron chi connectivity index (χ0n) is 8.67. The molecular formula is C12H17N. The van der Waals surface area contributed by atoms with Crippen molar-refractivity contribution in [3.63, 3.8) is 0 Å². The van der Waals surface area contributed by atoms with E-state index in [1.807, 2.05) is 6.20 Å². The van der Waals surface area contributed by atoms with Crippen molar-refractivity contribution in [1.82, 2.24) is 4.98 Å². The van der Waals surface area contributed by atoms with Crippen LogP contribution in [0.3, 0.4) is 0 Å². The Labute approximate surface area is 80.2 Å². The summed E-state index contributed by atoms with van der Waals surface area (Å²) in [4.78, 5) is 4.42. The van der Waals surface area contributed by atoms with Gasteiger partial charge in [0.15, 0.2) is 0 Å². The average Bonchev–Trinajstić information content (AvgIpc) is 2.45. The number of aromatic nitrogens is 1. The number of nitrogens with zero attached hydrogens (tertiary/aromatic N) is 1. The lowest BCUT2D eigenvalue weighted by Gasteiger charge is -2.27. The van der Waals surface area contributed by atoms with Crippen molar-refractivity contribution < 1.29 is 0 Å². The standard InChI is InChI=1S/C12H17N/c1-12(2,3)10-6-7-11-9(10)5-4-8-13-11/h4-5,8,10H,6-7H2,1-3H3/t10-/m1/s1. The van der Waals surface area contributed by atoms with E-state index in [4.69, 9.17) is 0 Å². The minimum Gasteiger partial charge on any atom is -0.261 e. The molecule has 0 bridgehead atoms. The summed E-state index contributed by atoms with van der Waals surface area (Å²) in [6.07, 6.45) is 4.35. The molecule has 0 saturated carbocycles. The Morgan fingerprint density at radius 2 is 2.15 bits per heavy atom. The van der Waals surface area contributed by atoms with Gasteiger partial charge in [0.1, 0.15) is 0 Å². The number of fused-ring (bicyclic) bond motifs is 1. The molecule has 13 heavy (non-hydrogen) atoms. The van der Waals surface area contributed by atoms with Gasteiger partial charge in [-0.3, -0.25) is 4.98 Å². The highest BCUT2D eigenvalue weighted by Gasteiger charge is 2.32. The minimum absolute atomic E-state index is 0.383. The van der Waals surface area contributed by atoms with Crippen LogP contribution < -0.4 is 0 Å². The predicted octanol–water partition coefficient (Wildman–Crippen LogP) is 3.16. The van der Waals surface area contributed by atoms with Crippen molar-refractivity contribution >= 4 is 0 Å². The Kier molecular flexibility index (Phi) is 1.90. The molecule has 0 amide bonds. The van der Waals surface area contributed by atoms with Crippen molar-refractivity contribution in [1.29, 1.82) is 0 Å². The van der Waals surface area contributed by atoms with Gasteiger partial charge in [-0.25, -0.2) is 0 Å². The highest BCUT2D eigenvalue weighted by Crippen LogP contribution is 2.43. The molecule has 1 aromatic heterocycles. The van der Waals surface area contributed by atoms with Crippen molar-refractivity contribution in [3.05, 3.63) is 29.6 Å². The van der Waals surface area contributed by atoms with E-state index in [1.54, 1.807) is 0 Å². The highest BCUT2D eigenvalue weighted by atomic mass is 14.7. The molecule has 1 nitrogen and oxygen atoms in total. The molecule has 1 aliphatic carbocycles. The smallest absolute Gasteiger partial charge is 0.0438 e. The fraction of sp³-hybridized carbons (Fsp3) is 0.583. The van der Waals surface area contributed by atoms with E-state index in [0.717, 1.165) is 6.42 Å². The van der Waals surface area contributed by atoms with Crippen LogP contribution in [0.15, 0.2) is 18.3 Å². The molecule has 0 aromatic carbocycles. The minimum atomic E-state index is 0.383. The zero-order valence-corrected chi connectivity index (χ0v) is 8.67. The summed E-state index contributed by atoms with van der Waals surface area (Å²) < 4.78 is 0. The molecular weight excluding hydrogens is 158 g/mol. The SMILES string of the molecule is CC(C)(C)[C@@H]1CCc2ncccc21. The number of hydrogen-bond donors (Lipinski definition) is 0. The van der Waals surface area contributed by atoms with E-state index in [0.29, 0.717) is 11.3 Å². The van der Waals surface area contributed by atoms with Crippen LogP contribution in [-0.4, -0.2) is 4.98 Å². The molecule has 2 rings (SSSR count). The molecule has 1 heteroatoms. The molecule has 0 unspecified atom stereocenters. The zero-order chi connectivity index (χ0) is 9.47.